The molecule has 1 aromatic carbocycles. The van der Waals surface area contributed by atoms with E-state index in [-0.39, 0.29) is 0 Å². The molecule has 88 valence electrons. The van der Waals surface area contributed by atoms with E-state index in [0.717, 1.165) is 12.0 Å². The summed E-state index contributed by atoms with van der Waals surface area (Å²) in [7, 11) is 0. The van der Waals surface area contributed by atoms with Gasteiger partial charge in [0, 0.05) is 15.9 Å². The Hall–Kier alpha value is -0.580. The minimum absolute atomic E-state index is 0.417. The maximum atomic E-state index is 10.8. The molecule has 0 amide bonds. The van der Waals surface area contributed by atoms with Crippen LogP contribution in [0.3, 0.4) is 0 Å². The smallest absolute Gasteiger partial charge is 0.337 e. The lowest BCUT2D eigenvalue weighted by Crippen LogP contribution is -2.13. The summed E-state index contributed by atoms with van der Waals surface area (Å²) in [6.07, 6.45) is -0.0964. The number of benzene rings is 1. The van der Waals surface area contributed by atoms with Crippen molar-refractivity contribution in [1.29, 1.82) is 0 Å². The fraction of sp³-hybridized carbons (Fsp3) is 0.364. The molecule has 16 heavy (non-hydrogen) atoms. The third-order valence-corrected chi connectivity index (χ3v) is 3.19. The van der Waals surface area contributed by atoms with Crippen LogP contribution in [0, 0.1) is 0 Å². The lowest BCUT2D eigenvalue weighted by Gasteiger charge is -2.13. The summed E-state index contributed by atoms with van der Waals surface area (Å²) in [5.41, 5.74) is 1.23. The number of aliphatic carboxylic acids is 1. The lowest BCUT2D eigenvalue weighted by atomic mass is 9.99. The SMILES string of the molecule is O=C(O)C(O)c1c(Br)cccc1CCCCl. The van der Waals surface area contributed by atoms with Crippen LogP contribution in [-0.4, -0.2) is 22.1 Å². The number of halogens is 2. The highest BCUT2D eigenvalue weighted by Gasteiger charge is 2.21. The van der Waals surface area contributed by atoms with E-state index < -0.39 is 12.1 Å². The van der Waals surface area contributed by atoms with E-state index in [2.05, 4.69) is 15.9 Å². The first-order chi connectivity index (χ1) is 7.57. The number of rotatable bonds is 5. The molecule has 0 aromatic heterocycles. The lowest BCUT2D eigenvalue weighted by molar-refractivity contribution is -0.147. The van der Waals surface area contributed by atoms with Crippen LogP contribution in [0.1, 0.15) is 23.7 Å². The zero-order valence-corrected chi connectivity index (χ0v) is 10.8. The summed E-state index contributed by atoms with van der Waals surface area (Å²) < 4.78 is 0.606. The van der Waals surface area contributed by atoms with Gasteiger partial charge < -0.3 is 10.2 Å². The van der Waals surface area contributed by atoms with E-state index in [1.54, 1.807) is 12.1 Å². The number of aliphatic hydroxyl groups excluding tert-OH is 1. The summed E-state index contributed by atoms with van der Waals surface area (Å²) in [6, 6.07) is 5.33. The Morgan fingerprint density at radius 2 is 2.19 bits per heavy atom. The average molecular weight is 308 g/mol. The van der Waals surface area contributed by atoms with Crippen LogP contribution in [0.25, 0.3) is 0 Å². The molecule has 1 aromatic rings. The van der Waals surface area contributed by atoms with Crippen molar-refractivity contribution in [3.63, 3.8) is 0 Å². The summed E-state index contributed by atoms with van der Waals surface area (Å²) in [4.78, 5) is 10.8. The highest BCUT2D eigenvalue weighted by atomic mass is 79.9. The van der Waals surface area contributed by atoms with E-state index in [9.17, 15) is 9.90 Å². The first kappa shape index (κ1) is 13.5. The Bertz CT molecular complexity index is 381. The van der Waals surface area contributed by atoms with Crippen LogP contribution in [0.2, 0.25) is 0 Å². The molecule has 1 unspecified atom stereocenters. The number of aliphatic hydroxyl groups is 1. The Labute approximate surface area is 107 Å². The van der Waals surface area contributed by atoms with Gasteiger partial charge in [-0.3, -0.25) is 0 Å². The van der Waals surface area contributed by atoms with Gasteiger partial charge in [0.2, 0.25) is 0 Å². The molecule has 0 spiro atoms. The first-order valence-electron chi connectivity index (χ1n) is 4.82. The first-order valence-corrected chi connectivity index (χ1v) is 6.14. The predicted octanol–water partition coefficient (Wildman–Crippen LogP) is 2.74. The third-order valence-electron chi connectivity index (χ3n) is 2.23. The van der Waals surface area contributed by atoms with E-state index >= 15 is 0 Å². The minimum atomic E-state index is -1.50. The molecule has 1 rings (SSSR count). The summed E-state index contributed by atoms with van der Waals surface area (Å²) in [6.45, 7) is 0. The second-order valence-electron chi connectivity index (χ2n) is 3.35. The van der Waals surface area contributed by atoms with E-state index in [0.29, 0.717) is 22.3 Å². The Morgan fingerprint density at radius 1 is 1.50 bits per heavy atom. The van der Waals surface area contributed by atoms with Gasteiger partial charge in [-0.1, -0.05) is 28.1 Å². The van der Waals surface area contributed by atoms with Gasteiger partial charge in [-0.25, -0.2) is 4.79 Å². The highest BCUT2D eigenvalue weighted by molar-refractivity contribution is 9.10. The van der Waals surface area contributed by atoms with E-state index in [4.69, 9.17) is 16.7 Å². The molecule has 0 fully saturated rings. The molecule has 0 saturated carbocycles. The van der Waals surface area contributed by atoms with Gasteiger partial charge >= 0.3 is 5.97 Å². The zero-order chi connectivity index (χ0) is 12.1. The Kier molecular flexibility index (Phi) is 5.25. The van der Waals surface area contributed by atoms with Gasteiger partial charge in [0.1, 0.15) is 0 Å². The molecule has 0 radical (unpaired) electrons. The van der Waals surface area contributed by atoms with Gasteiger partial charge in [-0.15, -0.1) is 11.6 Å². The molecule has 0 aliphatic rings. The summed E-state index contributed by atoms with van der Waals surface area (Å²) in [5, 5.41) is 18.4. The van der Waals surface area contributed by atoms with Gasteiger partial charge in [-0.2, -0.15) is 0 Å². The largest absolute Gasteiger partial charge is 0.479 e. The molecule has 0 heterocycles. The van der Waals surface area contributed by atoms with Crippen molar-refractivity contribution < 1.29 is 15.0 Å². The van der Waals surface area contributed by atoms with Crippen molar-refractivity contribution in [1.82, 2.24) is 0 Å². The molecule has 0 aliphatic heterocycles. The van der Waals surface area contributed by atoms with Crippen molar-refractivity contribution in [3.05, 3.63) is 33.8 Å². The quantitative estimate of drug-likeness (QED) is 0.822. The van der Waals surface area contributed by atoms with Gasteiger partial charge in [0.25, 0.3) is 0 Å². The second kappa shape index (κ2) is 6.23. The van der Waals surface area contributed by atoms with Crippen LogP contribution in [-0.2, 0) is 11.2 Å². The number of hydrogen-bond donors (Lipinski definition) is 2. The normalized spacial score (nSPS) is 12.4. The number of aryl methyl sites for hydroxylation is 1. The van der Waals surface area contributed by atoms with Crippen molar-refractivity contribution in [2.75, 3.05) is 5.88 Å². The van der Waals surface area contributed by atoms with E-state index in [1.165, 1.54) is 0 Å². The third kappa shape index (κ3) is 3.20. The highest BCUT2D eigenvalue weighted by Crippen LogP contribution is 2.28. The molecule has 5 heteroatoms. The second-order valence-corrected chi connectivity index (χ2v) is 4.58. The molecule has 3 nitrogen and oxygen atoms in total. The number of carbonyl (C=O) groups is 1. The maximum absolute atomic E-state index is 10.8. The Balaban J connectivity index is 3.07. The molecular weight excluding hydrogens is 295 g/mol. The van der Waals surface area contributed by atoms with Crippen molar-refractivity contribution in [3.8, 4) is 0 Å². The monoisotopic (exact) mass is 306 g/mol. The molecule has 0 saturated heterocycles. The molecule has 2 N–H and O–H groups in total. The van der Waals surface area contributed by atoms with Gasteiger partial charge in [0.15, 0.2) is 6.10 Å². The minimum Gasteiger partial charge on any atom is -0.479 e. The standard InChI is InChI=1S/C11H12BrClO3/c12-8-5-1-3-7(4-2-6-13)9(8)10(14)11(15)16/h1,3,5,10,14H,2,4,6H2,(H,15,16). The summed E-state index contributed by atoms with van der Waals surface area (Å²) >= 11 is 8.85. The van der Waals surface area contributed by atoms with Crippen LogP contribution in [0.15, 0.2) is 22.7 Å². The molecule has 0 aliphatic carbocycles. The maximum Gasteiger partial charge on any atom is 0.337 e. The van der Waals surface area contributed by atoms with Crippen molar-refractivity contribution in [2.24, 2.45) is 0 Å². The molecular formula is C11H12BrClO3. The van der Waals surface area contributed by atoms with Crippen LogP contribution in [0.5, 0.6) is 0 Å². The fourth-order valence-electron chi connectivity index (χ4n) is 1.49. The van der Waals surface area contributed by atoms with Crippen LogP contribution < -0.4 is 0 Å². The van der Waals surface area contributed by atoms with Gasteiger partial charge in [0.05, 0.1) is 0 Å². The van der Waals surface area contributed by atoms with Crippen molar-refractivity contribution >= 4 is 33.5 Å². The van der Waals surface area contributed by atoms with Crippen LogP contribution in [0.4, 0.5) is 0 Å². The molecule has 1 atom stereocenters. The fourth-order valence-corrected chi connectivity index (χ4v) is 2.24. The van der Waals surface area contributed by atoms with Crippen LogP contribution >= 0.6 is 27.5 Å². The van der Waals surface area contributed by atoms with Crippen molar-refractivity contribution in [2.45, 2.75) is 18.9 Å². The average Bonchev–Trinajstić information content (AvgIpc) is 2.25. The summed E-state index contributed by atoms with van der Waals surface area (Å²) in [5.74, 6) is -0.742. The number of carboxylic acid groups (broad SMARTS) is 1. The zero-order valence-electron chi connectivity index (χ0n) is 8.49. The number of alkyl halides is 1. The predicted molar refractivity (Wildman–Crippen MR) is 65.8 cm³/mol. The molecule has 0 bridgehead atoms. The van der Waals surface area contributed by atoms with E-state index in [1.807, 2.05) is 6.07 Å². The Morgan fingerprint density at radius 3 is 2.75 bits per heavy atom. The number of carboxylic acids is 1. The number of hydrogen-bond acceptors (Lipinski definition) is 2. The van der Waals surface area contributed by atoms with Gasteiger partial charge in [-0.05, 0) is 24.5 Å². The topological polar surface area (TPSA) is 57.5 Å².